The van der Waals surface area contributed by atoms with Crippen LogP contribution in [0.4, 0.5) is 0 Å². The summed E-state index contributed by atoms with van der Waals surface area (Å²) < 4.78 is 0. The van der Waals surface area contributed by atoms with Crippen molar-refractivity contribution in [2.75, 3.05) is 0 Å². The third-order valence-electron chi connectivity index (χ3n) is 4.97. The van der Waals surface area contributed by atoms with Crippen LogP contribution in [0.3, 0.4) is 0 Å². The minimum absolute atomic E-state index is 1.10. The SMILES string of the molecule is c1ccc2c(c1)CSCc1cc3c(cc1-2)CSCc1ccccc1-3. The number of thioether (sulfide) groups is 2. The summed E-state index contributed by atoms with van der Waals surface area (Å²) in [6, 6.07) is 22.8. The molecule has 3 aromatic carbocycles. The molecule has 0 fully saturated rings. The van der Waals surface area contributed by atoms with Gasteiger partial charge in [0.2, 0.25) is 0 Å². The Kier molecular flexibility index (Phi) is 3.68. The monoisotopic (exact) mass is 346 g/mol. The molecule has 2 heterocycles. The molecule has 0 saturated carbocycles. The fraction of sp³-hybridized carbons (Fsp3) is 0.182. The lowest BCUT2D eigenvalue weighted by Gasteiger charge is -2.15. The highest BCUT2D eigenvalue weighted by Gasteiger charge is 2.20. The first-order valence-electron chi connectivity index (χ1n) is 8.38. The average Bonchev–Trinajstić information content (AvgIpc) is 2.91. The maximum absolute atomic E-state index is 2.48. The summed E-state index contributed by atoms with van der Waals surface area (Å²) in [6.07, 6.45) is 0. The predicted molar refractivity (Wildman–Crippen MR) is 107 cm³/mol. The number of benzene rings is 3. The number of hydrogen-bond acceptors (Lipinski definition) is 2. The zero-order chi connectivity index (χ0) is 15.9. The van der Waals surface area contributed by atoms with Gasteiger partial charge in [-0.15, -0.1) is 0 Å². The van der Waals surface area contributed by atoms with E-state index in [1.54, 1.807) is 0 Å². The summed E-state index contributed by atoms with van der Waals surface area (Å²) in [6.45, 7) is 0. The molecule has 0 amide bonds. The van der Waals surface area contributed by atoms with Crippen LogP contribution in [0.1, 0.15) is 22.3 Å². The van der Waals surface area contributed by atoms with E-state index >= 15 is 0 Å². The zero-order valence-corrected chi connectivity index (χ0v) is 15.1. The van der Waals surface area contributed by atoms with E-state index in [4.69, 9.17) is 0 Å². The summed E-state index contributed by atoms with van der Waals surface area (Å²) in [5.74, 6) is 4.43. The van der Waals surface area contributed by atoms with Crippen molar-refractivity contribution in [3.8, 4) is 22.3 Å². The molecule has 0 N–H and O–H groups in total. The molecule has 0 radical (unpaired) electrons. The van der Waals surface area contributed by atoms with Gasteiger partial charge in [-0.05, 0) is 56.6 Å². The van der Waals surface area contributed by atoms with Crippen LogP contribution in [0.15, 0.2) is 60.7 Å². The molecule has 2 aliphatic rings. The Morgan fingerprint density at radius 3 is 1.38 bits per heavy atom. The summed E-state index contributed by atoms with van der Waals surface area (Å²) in [5.41, 5.74) is 11.7. The lowest BCUT2D eigenvalue weighted by molar-refractivity contribution is 1.35. The Hall–Kier alpha value is -1.64. The Balaban J connectivity index is 1.76. The van der Waals surface area contributed by atoms with Gasteiger partial charge >= 0.3 is 0 Å². The molecule has 0 aromatic heterocycles. The van der Waals surface area contributed by atoms with Crippen molar-refractivity contribution >= 4 is 23.5 Å². The van der Waals surface area contributed by atoms with Crippen LogP contribution in [0.2, 0.25) is 0 Å². The molecule has 2 heteroatoms. The normalized spacial score (nSPS) is 15.3. The maximum Gasteiger partial charge on any atom is 0.0194 e. The van der Waals surface area contributed by atoms with Gasteiger partial charge in [-0.2, -0.15) is 23.5 Å². The smallest absolute Gasteiger partial charge is 0.0194 e. The van der Waals surface area contributed by atoms with E-state index in [-0.39, 0.29) is 0 Å². The fourth-order valence-electron chi connectivity index (χ4n) is 3.79. The molecule has 0 nitrogen and oxygen atoms in total. The van der Waals surface area contributed by atoms with E-state index in [1.807, 2.05) is 23.5 Å². The van der Waals surface area contributed by atoms with Crippen LogP contribution in [-0.2, 0) is 23.0 Å². The molecule has 24 heavy (non-hydrogen) atoms. The van der Waals surface area contributed by atoms with Gasteiger partial charge in [0.1, 0.15) is 0 Å². The maximum atomic E-state index is 2.48. The topological polar surface area (TPSA) is 0 Å². The van der Waals surface area contributed by atoms with Crippen molar-refractivity contribution in [1.29, 1.82) is 0 Å². The van der Waals surface area contributed by atoms with Gasteiger partial charge in [0.15, 0.2) is 0 Å². The Bertz CT molecular complexity index is 850. The van der Waals surface area contributed by atoms with E-state index in [9.17, 15) is 0 Å². The highest BCUT2D eigenvalue weighted by Crippen LogP contribution is 2.43. The van der Waals surface area contributed by atoms with Gasteiger partial charge in [0.05, 0.1) is 0 Å². The van der Waals surface area contributed by atoms with Crippen LogP contribution in [0.25, 0.3) is 22.3 Å². The van der Waals surface area contributed by atoms with Crippen molar-refractivity contribution in [1.82, 2.24) is 0 Å². The van der Waals surface area contributed by atoms with Crippen LogP contribution in [-0.4, -0.2) is 0 Å². The highest BCUT2D eigenvalue weighted by molar-refractivity contribution is 7.98. The van der Waals surface area contributed by atoms with Crippen molar-refractivity contribution in [3.63, 3.8) is 0 Å². The van der Waals surface area contributed by atoms with Crippen molar-refractivity contribution in [2.45, 2.75) is 23.0 Å². The molecule has 0 spiro atoms. The lowest BCUT2D eigenvalue weighted by atomic mass is 9.89. The molecule has 0 saturated heterocycles. The summed E-state index contributed by atoms with van der Waals surface area (Å²) in [7, 11) is 0. The Morgan fingerprint density at radius 2 is 0.875 bits per heavy atom. The molecule has 0 bridgehead atoms. The van der Waals surface area contributed by atoms with E-state index in [1.165, 1.54) is 44.5 Å². The lowest BCUT2D eigenvalue weighted by Crippen LogP contribution is -1.94. The van der Waals surface area contributed by atoms with E-state index in [2.05, 4.69) is 60.7 Å². The third kappa shape index (κ3) is 2.40. The average molecular weight is 347 g/mol. The van der Waals surface area contributed by atoms with Gasteiger partial charge in [0, 0.05) is 23.0 Å². The van der Waals surface area contributed by atoms with Crippen molar-refractivity contribution in [2.24, 2.45) is 0 Å². The minimum atomic E-state index is 1.10. The first kappa shape index (κ1) is 14.7. The van der Waals surface area contributed by atoms with Crippen molar-refractivity contribution < 1.29 is 0 Å². The second-order valence-corrected chi connectivity index (χ2v) is 8.44. The van der Waals surface area contributed by atoms with Crippen molar-refractivity contribution in [3.05, 3.63) is 82.9 Å². The predicted octanol–water partition coefficient (Wildman–Crippen LogP) is 6.51. The van der Waals surface area contributed by atoms with Crippen LogP contribution in [0.5, 0.6) is 0 Å². The highest BCUT2D eigenvalue weighted by atomic mass is 32.2. The van der Waals surface area contributed by atoms with Crippen LogP contribution >= 0.6 is 23.5 Å². The molecule has 5 rings (SSSR count). The minimum Gasteiger partial charge on any atom is -0.152 e. The fourth-order valence-corrected chi connectivity index (χ4v) is 5.85. The second kappa shape index (κ2) is 6.02. The quantitative estimate of drug-likeness (QED) is 0.455. The molecule has 118 valence electrons. The van der Waals surface area contributed by atoms with Crippen LogP contribution in [0, 0.1) is 0 Å². The van der Waals surface area contributed by atoms with Gasteiger partial charge < -0.3 is 0 Å². The van der Waals surface area contributed by atoms with E-state index < -0.39 is 0 Å². The second-order valence-electron chi connectivity index (χ2n) is 6.47. The number of hydrogen-bond donors (Lipinski definition) is 0. The standard InChI is InChI=1S/C22H18S2/c1-3-7-19-15(5-1)11-23-13-17-10-22-18(9-21(17)19)14-24-12-16-6-2-4-8-20(16)22/h1-10H,11-14H2. The molecule has 0 aliphatic carbocycles. The third-order valence-corrected chi connectivity index (χ3v) is 7.03. The molecule has 3 aromatic rings. The van der Waals surface area contributed by atoms with E-state index in [0.29, 0.717) is 0 Å². The molecule has 0 unspecified atom stereocenters. The molecule has 2 aliphatic heterocycles. The number of fused-ring (bicyclic) bond motifs is 6. The summed E-state index contributed by atoms with van der Waals surface area (Å²) >= 11 is 4.07. The summed E-state index contributed by atoms with van der Waals surface area (Å²) in [5, 5.41) is 0. The van der Waals surface area contributed by atoms with Gasteiger partial charge in [0.25, 0.3) is 0 Å². The first-order chi connectivity index (χ1) is 11.9. The summed E-state index contributed by atoms with van der Waals surface area (Å²) in [4.78, 5) is 0. The molecular formula is C22H18S2. The molecular weight excluding hydrogens is 328 g/mol. The van der Waals surface area contributed by atoms with Gasteiger partial charge in [-0.3, -0.25) is 0 Å². The zero-order valence-electron chi connectivity index (χ0n) is 13.4. The Morgan fingerprint density at radius 1 is 0.458 bits per heavy atom. The first-order valence-corrected chi connectivity index (χ1v) is 10.7. The van der Waals surface area contributed by atoms with Gasteiger partial charge in [-0.25, -0.2) is 0 Å². The number of rotatable bonds is 0. The largest absolute Gasteiger partial charge is 0.152 e. The van der Waals surface area contributed by atoms with Crippen LogP contribution < -0.4 is 0 Å². The molecule has 0 atom stereocenters. The van der Waals surface area contributed by atoms with Gasteiger partial charge in [-0.1, -0.05) is 48.5 Å². The van der Waals surface area contributed by atoms with E-state index in [0.717, 1.165) is 23.0 Å². The Labute approximate surface area is 151 Å².